The number of nitrogens with one attached hydrogen (secondary N) is 3. The molecule has 3 N–H and O–H groups in total. The Hall–Kier alpha value is -2.84. The van der Waals surface area contributed by atoms with E-state index >= 15 is 0 Å². The molecule has 0 aliphatic heterocycles. The highest BCUT2D eigenvalue weighted by Gasteiger charge is 2.14. The topological polar surface area (TPSA) is 105 Å². The molecule has 0 spiro atoms. The molecule has 27 heavy (non-hydrogen) atoms. The number of H-pyrrole nitrogens is 1. The van der Waals surface area contributed by atoms with Crippen LogP contribution in [-0.4, -0.2) is 25.8 Å². The zero-order chi connectivity index (χ0) is 19.7. The van der Waals surface area contributed by atoms with Crippen LogP contribution in [0, 0.1) is 20.8 Å². The fourth-order valence-electron chi connectivity index (χ4n) is 2.33. The molecule has 140 valence electrons. The second-order valence-corrected chi connectivity index (χ2v) is 6.71. The second kappa shape index (κ2) is 7.42. The highest BCUT2D eigenvalue weighted by molar-refractivity contribution is 6.42. The van der Waals surface area contributed by atoms with E-state index in [1.165, 1.54) is 10.7 Å². The zero-order valence-electron chi connectivity index (χ0n) is 14.7. The Morgan fingerprint density at radius 2 is 1.85 bits per heavy atom. The van der Waals surface area contributed by atoms with E-state index in [1.54, 1.807) is 39.0 Å². The Labute approximate surface area is 164 Å². The summed E-state index contributed by atoms with van der Waals surface area (Å²) in [6.07, 6.45) is 0. The van der Waals surface area contributed by atoms with Crippen molar-refractivity contribution in [1.29, 1.82) is 0 Å². The van der Waals surface area contributed by atoms with Crippen LogP contribution in [0.25, 0.3) is 5.95 Å². The first-order chi connectivity index (χ1) is 12.7. The normalized spacial score (nSPS) is 10.7. The van der Waals surface area contributed by atoms with E-state index < -0.39 is 6.03 Å². The number of amides is 2. The third kappa shape index (κ3) is 4.12. The largest absolute Gasteiger partial charge is 0.324 e. The van der Waals surface area contributed by atoms with Crippen molar-refractivity contribution in [3.63, 3.8) is 0 Å². The Kier molecular flexibility index (Phi) is 5.20. The van der Waals surface area contributed by atoms with Crippen molar-refractivity contribution in [3.05, 3.63) is 61.6 Å². The number of nitrogens with zero attached hydrogens (tertiary/aromatic N) is 3. The number of carbonyl (C=O) groups excluding carboxylic acids is 1. The van der Waals surface area contributed by atoms with Crippen molar-refractivity contribution in [2.75, 3.05) is 10.6 Å². The summed E-state index contributed by atoms with van der Waals surface area (Å²) in [6.45, 7) is 5.18. The van der Waals surface area contributed by atoms with Gasteiger partial charge < -0.3 is 5.32 Å². The molecule has 3 rings (SSSR count). The monoisotopic (exact) mass is 406 g/mol. The molecule has 0 aliphatic rings. The number of aromatic nitrogens is 4. The average Bonchev–Trinajstić information content (AvgIpc) is 2.95. The minimum atomic E-state index is -0.513. The van der Waals surface area contributed by atoms with Crippen molar-refractivity contribution in [2.24, 2.45) is 0 Å². The van der Waals surface area contributed by atoms with E-state index in [4.69, 9.17) is 23.2 Å². The van der Waals surface area contributed by atoms with E-state index in [2.05, 4.69) is 25.7 Å². The van der Waals surface area contributed by atoms with E-state index in [0.29, 0.717) is 38.5 Å². The quantitative estimate of drug-likeness (QED) is 0.614. The standard InChI is InChI=1S/C17H16Cl2N6O2/c1-8-6-14(22-17(27)21-11-4-5-12(18)13(19)7-11)25(24-8)16-20-10(3)9(2)15(26)23-16/h4-7H,1-3H3,(H,20,23,26)(H2,21,22,27). The fourth-order valence-corrected chi connectivity index (χ4v) is 2.63. The predicted molar refractivity (Wildman–Crippen MR) is 105 cm³/mol. The van der Waals surface area contributed by atoms with Gasteiger partial charge in [0.2, 0.25) is 5.95 Å². The summed E-state index contributed by atoms with van der Waals surface area (Å²) in [6, 6.07) is 5.88. The highest BCUT2D eigenvalue weighted by atomic mass is 35.5. The summed E-state index contributed by atoms with van der Waals surface area (Å²) in [5, 5.41) is 10.3. The third-order valence-corrected chi connectivity index (χ3v) is 4.57. The number of halogens is 2. The molecule has 2 amide bonds. The number of benzene rings is 1. The summed E-state index contributed by atoms with van der Waals surface area (Å²) in [5.74, 6) is 0.553. The average molecular weight is 407 g/mol. The first-order valence-electron chi connectivity index (χ1n) is 7.92. The molecule has 2 aromatic heterocycles. The van der Waals surface area contributed by atoms with Crippen molar-refractivity contribution < 1.29 is 4.79 Å². The molecular weight excluding hydrogens is 391 g/mol. The van der Waals surface area contributed by atoms with Crippen molar-refractivity contribution >= 4 is 40.7 Å². The van der Waals surface area contributed by atoms with Gasteiger partial charge in [-0.1, -0.05) is 23.2 Å². The summed E-state index contributed by atoms with van der Waals surface area (Å²) in [5.41, 5.74) is 1.95. The Bertz CT molecular complexity index is 1090. The SMILES string of the molecule is Cc1cc(NC(=O)Nc2ccc(Cl)c(Cl)c2)n(-c2nc(C)c(C)c(=O)[nH]2)n1. The predicted octanol–water partition coefficient (Wildman–Crippen LogP) is 3.83. The smallest absolute Gasteiger partial charge is 0.308 e. The van der Waals surface area contributed by atoms with Crippen LogP contribution in [0.1, 0.15) is 17.0 Å². The summed E-state index contributed by atoms with van der Waals surface area (Å²) in [4.78, 5) is 31.3. The van der Waals surface area contributed by atoms with Crippen LogP contribution in [0.15, 0.2) is 29.1 Å². The van der Waals surface area contributed by atoms with Crippen LogP contribution >= 0.6 is 23.2 Å². The Balaban J connectivity index is 1.87. The molecule has 0 aliphatic carbocycles. The van der Waals surface area contributed by atoms with E-state index in [1.807, 2.05) is 0 Å². The summed E-state index contributed by atoms with van der Waals surface area (Å²) in [7, 11) is 0. The van der Waals surface area contributed by atoms with Gasteiger partial charge in [-0.25, -0.2) is 9.78 Å². The zero-order valence-corrected chi connectivity index (χ0v) is 16.2. The van der Waals surface area contributed by atoms with Crippen LogP contribution in [0.5, 0.6) is 0 Å². The lowest BCUT2D eigenvalue weighted by molar-refractivity contribution is 0.262. The molecule has 3 aromatic rings. The van der Waals surface area contributed by atoms with Crippen LogP contribution in [0.3, 0.4) is 0 Å². The minimum absolute atomic E-state index is 0.209. The molecule has 0 saturated carbocycles. The van der Waals surface area contributed by atoms with Gasteiger partial charge in [-0.05, 0) is 39.0 Å². The van der Waals surface area contributed by atoms with Crippen molar-refractivity contribution in [1.82, 2.24) is 19.7 Å². The fraction of sp³-hybridized carbons (Fsp3) is 0.176. The molecule has 2 heterocycles. The maximum atomic E-state index is 12.3. The lowest BCUT2D eigenvalue weighted by atomic mass is 10.3. The van der Waals surface area contributed by atoms with Gasteiger partial charge in [0.25, 0.3) is 5.56 Å². The molecule has 10 heteroatoms. The van der Waals surface area contributed by atoms with Crippen LogP contribution < -0.4 is 16.2 Å². The Morgan fingerprint density at radius 3 is 2.52 bits per heavy atom. The Morgan fingerprint density at radius 1 is 1.11 bits per heavy atom. The van der Waals surface area contributed by atoms with Gasteiger partial charge in [-0.15, -0.1) is 0 Å². The first kappa shape index (κ1) is 18.9. The maximum Gasteiger partial charge on any atom is 0.324 e. The number of rotatable bonds is 3. The minimum Gasteiger partial charge on any atom is -0.308 e. The van der Waals surface area contributed by atoms with E-state index in [0.717, 1.165) is 0 Å². The van der Waals surface area contributed by atoms with E-state index in [-0.39, 0.29) is 11.5 Å². The maximum absolute atomic E-state index is 12.3. The van der Waals surface area contributed by atoms with Gasteiger partial charge >= 0.3 is 6.03 Å². The molecular formula is C17H16Cl2N6O2. The molecule has 0 saturated heterocycles. The highest BCUT2D eigenvalue weighted by Crippen LogP contribution is 2.25. The van der Waals surface area contributed by atoms with Gasteiger partial charge in [-0.3, -0.25) is 15.1 Å². The number of aromatic amines is 1. The molecule has 0 atom stereocenters. The van der Waals surface area contributed by atoms with Crippen LogP contribution in [-0.2, 0) is 0 Å². The van der Waals surface area contributed by atoms with Gasteiger partial charge in [0.1, 0.15) is 5.82 Å². The molecule has 0 unspecified atom stereocenters. The van der Waals surface area contributed by atoms with Gasteiger partial charge in [-0.2, -0.15) is 9.78 Å². The van der Waals surface area contributed by atoms with Crippen LogP contribution in [0.4, 0.5) is 16.3 Å². The van der Waals surface area contributed by atoms with Crippen molar-refractivity contribution in [2.45, 2.75) is 20.8 Å². The number of hydrogen-bond donors (Lipinski definition) is 3. The number of aryl methyl sites for hydroxylation is 2. The molecule has 0 radical (unpaired) electrons. The molecule has 0 bridgehead atoms. The lowest BCUT2D eigenvalue weighted by Crippen LogP contribution is -2.23. The van der Waals surface area contributed by atoms with Crippen LogP contribution in [0.2, 0.25) is 10.0 Å². The van der Waals surface area contributed by atoms with Crippen molar-refractivity contribution in [3.8, 4) is 5.95 Å². The molecule has 0 fully saturated rings. The third-order valence-electron chi connectivity index (χ3n) is 3.83. The van der Waals surface area contributed by atoms with Gasteiger partial charge in [0.05, 0.1) is 15.7 Å². The van der Waals surface area contributed by atoms with Gasteiger partial charge in [0.15, 0.2) is 0 Å². The number of hydrogen-bond acceptors (Lipinski definition) is 4. The second-order valence-electron chi connectivity index (χ2n) is 5.89. The first-order valence-corrected chi connectivity index (χ1v) is 8.68. The number of carbonyl (C=O) groups is 1. The van der Waals surface area contributed by atoms with Gasteiger partial charge in [0, 0.05) is 23.0 Å². The van der Waals surface area contributed by atoms with E-state index in [9.17, 15) is 9.59 Å². The summed E-state index contributed by atoms with van der Waals surface area (Å²) >= 11 is 11.8. The molecule has 8 nitrogen and oxygen atoms in total. The number of anilines is 2. The summed E-state index contributed by atoms with van der Waals surface area (Å²) < 4.78 is 1.36. The molecule has 1 aromatic carbocycles. The lowest BCUT2D eigenvalue weighted by Gasteiger charge is -2.10. The number of urea groups is 1.